The van der Waals surface area contributed by atoms with Crippen LogP contribution < -0.4 is 0 Å². The van der Waals surface area contributed by atoms with Crippen LogP contribution in [0.5, 0.6) is 0 Å². The Hall–Kier alpha value is -2.27. The maximum atomic E-state index is 11.8. The van der Waals surface area contributed by atoms with Gasteiger partial charge in [-0.25, -0.2) is 9.79 Å². The van der Waals surface area contributed by atoms with Crippen molar-refractivity contribution >= 4 is 33.9 Å². The zero-order chi connectivity index (χ0) is 13.9. The topological polar surface area (TPSA) is 51.5 Å². The molecule has 0 bridgehead atoms. The molecule has 1 aliphatic rings. The molecule has 0 unspecified atom stereocenters. The van der Waals surface area contributed by atoms with Gasteiger partial charge in [0.25, 0.3) is 0 Å². The second kappa shape index (κ2) is 5.38. The third kappa shape index (κ3) is 2.53. The van der Waals surface area contributed by atoms with Crippen molar-refractivity contribution in [3.05, 3.63) is 70.1 Å². The van der Waals surface area contributed by atoms with E-state index in [1.54, 1.807) is 30.6 Å². The number of carbonyl (C=O) groups is 1. The Morgan fingerprint density at radius 2 is 1.85 bits per heavy atom. The van der Waals surface area contributed by atoms with Crippen LogP contribution >= 0.6 is 15.9 Å². The maximum Gasteiger partial charge on any atom is 0.363 e. The highest BCUT2D eigenvalue weighted by atomic mass is 79.9. The summed E-state index contributed by atoms with van der Waals surface area (Å²) < 4.78 is 6.07. The molecule has 20 heavy (non-hydrogen) atoms. The molecule has 0 saturated heterocycles. The molecule has 0 spiro atoms. The third-order valence-corrected chi connectivity index (χ3v) is 3.47. The highest BCUT2D eigenvalue weighted by Gasteiger charge is 2.24. The van der Waals surface area contributed by atoms with Crippen LogP contribution in [0.4, 0.5) is 0 Å². The van der Waals surface area contributed by atoms with E-state index < -0.39 is 5.97 Å². The van der Waals surface area contributed by atoms with Gasteiger partial charge in [-0.3, -0.25) is 4.98 Å². The maximum absolute atomic E-state index is 11.8. The molecule has 0 fully saturated rings. The van der Waals surface area contributed by atoms with E-state index in [1.807, 2.05) is 24.3 Å². The van der Waals surface area contributed by atoms with Crippen molar-refractivity contribution in [3.8, 4) is 0 Å². The minimum atomic E-state index is -0.451. The Kier molecular flexibility index (Phi) is 3.43. The van der Waals surface area contributed by atoms with E-state index in [0.717, 1.165) is 15.6 Å². The van der Waals surface area contributed by atoms with E-state index in [9.17, 15) is 4.79 Å². The molecule has 0 amide bonds. The van der Waals surface area contributed by atoms with Crippen molar-refractivity contribution in [2.45, 2.75) is 0 Å². The van der Waals surface area contributed by atoms with Crippen LogP contribution in [-0.4, -0.2) is 16.9 Å². The molecule has 1 aromatic heterocycles. The molecule has 5 heteroatoms. The van der Waals surface area contributed by atoms with E-state index in [1.165, 1.54) is 0 Å². The van der Waals surface area contributed by atoms with Gasteiger partial charge in [0.05, 0.1) is 0 Å². The summed E-state index contributed by atoms with van der Waals surface area (Å²) in [5.74, 6) is -0.150. The molecular formula is C15H9BrN2O2. The van der Waals surface area contributed by atoms with Crippen molar-refractivity contribution in [1.29, 1.82) is 0 Å². The lowest BCUT2D eigenvalue weighted by atomic mass is 10.2. The van der Waals surface area contributed by atoms with E-state index >= 15 is 0 Å². The average molecular weight is 329 g/mol. The summed E-state index contributed by atoms with van der Waals surface area (Å²) in [7, 11) is 0. The number of aromatic nitrogens is 1. The molecule has 2 aromatic rings. The van der Waals surface area contributed by atoms with Crippen LogP contribution in [0.25, 0.3) is 6.08 Å². The quantitative estimate of drug-likeness (QED) is 0.628. The molecule has 1 aromatic carbocycles. The highest BCUT2D eigenvalue weighted by Crippen LogP contribution is 2.23. The van der Waals surface area contributed by atoms with Gasteiger partial charge >= 0.3 is 5.97 Å². The fraction of sp³-hybridized carbons (Fsp3) is 0. The lowest BCUT2D eigenvalue weighted by molar-refractivity contribution is -0.129. The summed E-state index contributed by atoms with van der Waals surface area (Å²) in [4.78, 5) is 20.0. The second-order valence-corrected chi connectivity index (χ2v) is 4.95. The van der Waals surface area contributed by atoms with Gasteiger partial charge in [-0.05, 0) is 29.8 Å². The first-order chi connectivity index (χ1) is 9.74. The predicted molar refractivity (Wildman–Crippen MR) is 79.0 cm³/mol. The van der Waals surface area contributed by atoms with E-state index in [0.29, 0.717) is 5.90 Å². The first kappa shape index (κ1) is 12.7. The summed E-state index contributed by atoms with van der Waals surface area (Å²) in [6.45, 7) is 0. The fourth-order valence-electron chi connectivity index (χ4n) is 1.77. The molecule has 98 valence electrons. The minimum Gasteiger partial charge on any atom is -0.402 e. The number of nitrogens with zero attached hydrogens (tertiary/aromatic N) is 2. The van der Waals surface area contributed by atoms with Crippen molar-refractivity contribution < 1.29 is 9.53 Å². The van der Waals surface area contributed by atoms with Gasteiger partial charge in [0, 0.05) is 22.4 Å². The number of rotatable bonds is 2. The van der Waals surface area contributed by atoms with Crippen LogP contribution in [-0.2, 0) is 9.53 Å². The Balaban J connectivity index is 1.97. The lowest BCUT2D eigenvalue weighted by Gasteiger charge is -1.97. The second-order valence-electron chi connectivity index (χ2n) is 4.09. The number of halogens is 1. The first-order valence-electron chi connectivity index (χ1n) is 5.91. The number of benzene rings is 1. The molecule has 3 rings (SSSR count). The molecule has 2 heterocycles. The molecule has 0 atom stereocenters. The number of carbonyl (C=O) groups excluding carboxylic acids is 1. The van der Waals surface area contributed by atoms with E-state index in [-0.39, 0.29) is 5.70 Å². The minimum absolute atomic E-state index is 0.281. The Morgan fingerprint density at radius 3 is 2.60 bits per heavy atom. The summed E-state index contributed by atoms with van der Waals surface area (Å²) in [5.41, 5.74) is 1.88. The normalized spacial score (nSPS) is 16.1. The molecule has 0 saturated carbocycles. The summed E-state index contributed by atoms with van der Waals surface area (Å²) in [6.07, 6.45) is 4.95. The molecule has 4 nitrogen and oxygen atoms in total. The number of hydrogen-bond donors (Lipinski definition) is 0. The lowest BCUT2D eigenvalue weighted by Crippen LogP contribution is -2.05. The molecule has 0 N–H and O–H groups in total. The number of cyclic esters (lactones) is 1. The van der Waals surface area contributed by atoms with Gasteiger partial charge in [-0.15, -0.1) is 0 Å². The Labute approximate surface area is 124 Å². The van der Waals surface area contributed by atoms with Crippen LogP contribution in [0.1, 0.15) is 11.1 Å². The zero-order valence-corrected chi connectivity index (χ0v) is 11.9. The van der Waals surface area contributed by atoms with Crippen LogP contribution in [0, 0.1) is 0 Å². The fourth-order valence-corrected chi connectivity index (χ4v) is 2.17. The largest absolute Gasteiger partial charge is 0.402 e. The predicted octanol–water partition coefficient (Wildman–Crippen LogP) is 3.19. The number of pyridine rings is 1. The molecule has 0 radical (unpaired) electrons. The Morgan fingerprint density at radius 1 is 1.10 bits per heavy atom. The number of esters is 1. The zero-order valence-electron chi connectivity index (χ0n) is 10.3. The average Bonchev–Trinajstić information content (AvgIpc) is 2.84. The van der Waals surface area contributed by atoms with E-state index in [4.69, 9.17) is 4.74 Å². The third-order valence-electron chi connectivity index (χ3n) is 2.75. The number of ether oxygens (including phenoxy) is 1. The monoisotopic (exact) mass is 328 g/mol. The molecule has 1 aliphatic heterocycles. The van der Waals surface area contributed by atoms with Crippen molar-refractivity contribution in [1.82, 2.24) is 4.98 Å². The van der Waals surface area contributed by atoms with Crippen molar-refractivity contribution in [2.24, 2.45) is 4.99 Å². The van der Waals surface area contributed by atoms with Crippen LogP contribution in [0.15, 0.2) is 64.0 Å². The van der Waals surface area contributed by atoms with Crippen molar-refractivity contribution in [3.63, 3.8) is 0 Å². The number of hydrogen-bond acceptors (Lipinski definition) is 4. The SMILES string of the molecule is O=C1OC(c2ccncc2)=N/C1=C\c1ccccc1Br. The number of aliphatic imine (C=N–C) groups is 1. The van der Waals surface area contributed by atoms with Gasteiger partial charge in [-0.1, -0.05) is 34.1 Å². The van der Waals surface area contributed by atoms with Crippen molar-refractivity contribution in [2.75, 3.05) is 0 Å². The van der Waals surface area contributed by atoms with Gasteiger partial charge < -0.3 is 4.74 Å². The Bertz CT molecular complexity index is 724. The van der Waals surface area contributed by atoms with Gasteiger partial charge in [0.15, 0.2) is 5.70 Å². The van der Waals surface area contributed by atoms with E-state index in [2.05, 4.69) is 25.9 Å². The smallest absolute Gasteiger partial charge is 0.363 e. The first-order valence-corrected chi connectivity index (χ1v) is 6.71. The van der Waals surface area contributed by atoms with Crippen LogP contribution in [0.2, 0.25) is 0 Å². The highest BCUT2D eigenvalue weighted by molar-refractivity contribution is 9.10. The summed E-state index contributed by atoms with van der Waals surface area (Å²) in [6, 6.07) is 11.1. The van der Waals surface area contributed by atoms with Crippen LogP contribution in [0.3, 0.4) is 0 Å². The standard InChI is InChI=1S/C15H9BrN2O2/c16-12-4-2-1-3-11(12)9-13-15(19)20-14(18-13)10-5-7-17-8-6-10/h1-9H/b13-9-. The van der Waals surface area contributed by atoms with Gasteiger partial charge in [-0.2, -0.15) is 0 Å². The van der Waals surface area contributed by atoms with Gasteiger partial charge in [0.1, 0.15) is 0 Å². The molecule has 0 aliphatic carbocycles. The summed E-state index contributed by atoms with van der Waals surface area (Å²) >= 11 is 3.43. The van der Waals surface area contributed by atoms with Gasteiger partial charge in [0.2, 0.25) is 5.90 Å². The summed E-state index contributed by atoms with van der Waals surface area (Å²) in [5, 5.41) is 0. The molecular weight excluding hydrogens is 320 g/mol.